The fraction of sp³-hybridized carbons (Fsp3) is 0.588. The second kappa shape index (κ2) is 5.21. The largest absolute Gasteiger partial charge is 0.327 e. The Hall–Kier alpha value is -1.35. The zero-order chi connectivity index (χ0) is 14.2. The van der Waals surface area contributed by atoms with E-state index in [4.69, 9.17) is 4.98 Å². The maximum Gasteiger partial charge on any atom is 0.123 e. The van der Waals surface area contributed by atoms with Gasteiger partial charge in [0, 0.05) is 12.6 Å². The number of benzene rings is 1. The monoisotopic (exact) mass is 271 g/mol. The lowest BCUT2D eigenvalue weighted by Gasteiger charge is -2.18. The molecule has 1 atom stereocenters. The third-order valence-electron chi connectivity index (χ3n) is 4.57. The van der Waals surface area contributed by atoms with Gasteiger partial charge < -0.3 is 9.88 Å². The standard InChI is InChI=1S/C17H25N3/c1-4-20-15-8-6-5-7-14(15)19-16(20)12-18-13-9-10-17(2,3)11-13/h5-8,13,18H,4,9-12H2,1-3H3. The van der Waals surface area contributed by atoms with E-state index in [0.29, 0.717) is 11.5 Å². The molecule has 0 amide bonds. The molecule has 0 spiro atoms. The van der Waals surface area contributed by atoms with E-state index < -0.39 is 0 Å². The first-order valence-electron chi connectivity index (χ1n) is 7.76. The van der Waals surface area contributed by atoms with Gasteiger partial charge in [-0.25, -0.2) is 4.98 Å². The van der Waals surface area contributed by atoms with Crippen molar-refractivity contribution in [3.63, 3.8) is 0 Å². The highest BCUT2D eigenvalue weighted by Gasteiger charge is 2.30. The number of nitrogens with zero attached hydrogens (tertiary/aromatic N) is 2. The minimum atomic E-state index is 0.503. The number of hydrogen-bond donors (Lipinski definition) is 1. The van der Waals surface area contributed by atoms with Gasteiger partial charge >= 0.3 is 0 Å². The van der Waals surface area contributed by atoms with Crippen LogP contribution in [0.4, 0.5) is 0 Å². The molecule has 1 aliphatic rings. The van der Waals surface area contributed by atoms with Crippen LogP contribution in [0.1, 0.15) is 45.9 Å². The predicted octanol–water partition coefficient (Wildman–Crippen LogP) is 3.72. The minimum absolute atomic E-state index is 0.503. The normalized spacial score (nSPS) is 21.6. The van der Waals surface area contributed by atoms with E-state index in [2.05, 4.69) is 54.9 Å². The molecule has 3 rings (SSSR count). The van der Waals surface area contributed by atoms with Gasteiger partial charge in [-0.15, -0.1) is 0 Å². The molecule has 1 heterocycles. The average molecular weight is 271 g/mol. The molecular weight excluding hydrogens is 246 g/mol. The molecule has 0 aliphatic heterocycles. The van der Waals surface area contributed by atoms with Gasteiger partial charge in [-0.2, -0.15) is 0 Å². The van der Waals surface area contributed by atoms with Crippen LogP contribution in [0.5, 0.6) is 0 Å². The van der Waals surface area contributed by atoms with Crippen LogP contribution in [0.2, 0.25) is 0 Å². The summed E-state index contributed by atoms with van der Waals surface area (Å²) in [5.74, 6) is 1.17. The van der Waals surface area contributed by atoms with Crippen molar-refractivity contribution in [1.29, 1.82) is 0 Å². The minimum Gasteiger partial charge on any atom is -0.327 e. The average Bonchev–Trinajstić information content (AvgIpc) is 2.95. The Morgan fingerprint density at radius 3 is 2.85 bits per heavy atom. The fourth-order valence-corrected chi connectivity index (χ4v) is 3.46. The van der Waals surface area contributed by atoms with Gasteiger partial charge in [0.15, 0.2) is 0 Å². The summed E-state index contributed by atoms with van der Waals surface area (Å²) in [7, 11) is 0. The summed E-state index contributed by atoms with van der Waals surface area (Å²) in [5, 5.41) is 3.71. The Morgan fingerprint density at radius 2 is 2.15 bits per heavy atom. The number of rotatable bonds is 4. The van der Waals surface area contributed by atoms with Gasteiger partial charge in [-0.05, 0) is 43.7 Å². The van der Waals surface area contributed by atoms with Crippen molar-refractivity contribution in [2.45, 2.75) is 59.2 Å². The highest BCUT2D eigenvalue weighted by Crippen LogP contribution is 2.37. The van der Waals surface area contributed by atoms with Crippen LogP contribution in [-0.4, -0.2) is 15.6 Å². The number of fused-ring (bicyclic) bond motifs is 1. The van der Waals surface area contributed by atoms with Gasteiger partial charge in [-0.3, -0.25) is 0 Å². The molecular formula is C17H25N3. The Bertz CT molecular complexity index is 597. The molecule has 108 valence electrons. The zero-order valence-electron chi connectivity index (χ0n) is 12.8. The molecule has 1 unspecified atom stereocenters. The van der Waals surface area contributed by atoms with Crippen LogP contribution >= 0.6 is 0 Å². The van der Waals surface area contributed by atoms with E-state index in [-0.39, 0.29) is 0 Å². The molecule has 1 aromatic heterocycles. The second-order valence-electron chi connectivity index (χ2n) is 6.75. The van der Waals surface area contributed by atoms with E-state index in [1.165, 1.54) is 30.6 Å². The summed E-state index contributed by atoms with van der Waals surface area (Å²) in [6.07, 6.45) is 3.90. The summed E-state index contributed by atoms with van der Waals surface area (Å²) in [6.45, 7) is 8.79. The molecule has 0 bridgehead atoms. The molecule has 1 aromatic carbocycles. The molecule has 3 heteroatoms. The second-order valence-corrected chi connectivity index (χ2v) is 6.75. The van der Waals surface area contributed by atoms with E-state index in [1.807, 2.05) is 0 Å². The zero-order valence-corrected chi connectivity index (χ0v) is 12.8. The number of aryl methyl sites for hydroxylation is 1. The lowest BCUT2D eigenvalue weighted by Crippen LogP contribution is -2.28. The van der Waals surface area contributed by atoms with Crippen molar-refractivity contribution < 1.29 is 0 Å². The highest BCUT2D eigenvalue weighted by atomic mass is 15.1. The van der Waals surface area contributed by atoms with E-state index >= 15 is 0 Å². The number of para-hydroxylation sites is 2. The summed E-state index contributed by atoms with van der Waals surface area (Å²) in [4.78, 5) is 4.78. The molecule has 0 radical (unpaired) electrons. The SMILES string of the molecule is CCn1c(CNC2CCC(C)(C)C2)nc2ccccc21. The van der Waals surface area contributed by atoms with Crippen LogP contribution in [-0.2, 0) is 13.1 Å². The molecule has 1 fully saturated rings. The van der Waals surface area contributed by atoms with E-state index in [9.17, 15) is 0 Å². The van der Waals surface area contributed by atoms with Crippen LogP contribution in [0.15, 0.2) is 24.3 Å². The Kier molecular flexibility index (Phi) is 3.55. The van der Waals surface area contributed by atoms with Crippen molar-refractivity contribution in [1.82, 2.24) is 14.9 Å². The Balaban J connectivity index is 1.74. The van der Waals surface area contributed by atoms with Gasteiger partial charge in [0.2, 0.25) is 0 Å². The number of aromatic nitrogens is 2. The highest BCUT2D eigenvalue weighted by molar-refractivity contribution is 5.75. The molecule has 2 aromatic rings. The van der Waals surface area contributed by atoms with Gasteiger partial charge in [-0.1, -0.05) is 26.0 Å². The van der Waals surface area contributed by atoms with E-state index in [1.54, 1.807) is 0 Å². The van der Waals surface area contributed by atoms with Crippen molar-refractivity contribution in [2.24, 2.45) is 5.41 Å². The number of hydrogen-bond acceptors (Lipinski definition) is 2. The summed E-state index contributed by atoms with van der Waals surface area (Å²) in [6, 6.07) is 9.06. The maximum absolute atomic E-state index is 4.78. The molecule has 20 heavy (non-hydrogen) atoms. The molecule has 1 saturated carbocycles. The van der Waals surface area contributed by atoms with Crippen molar-refractivity contribution in [2.75, 3.05) is 0 Å². The quantitative estimate of drug-likeness (QED) is 0.918. The first kappa shape index (κ1) is 13.6. The summed E-state index contributed by atoms with van der Waals surface area (Å²) >= 11 is 0. The Morgan fingerprint density at radius 1 is 1.35 bits per heavy atom. The first-order valence-corrected chi connectivity index (χ1v) is 7.76. The molecule has 1 N–H and O–H groups in total. The van der Waals surface area contributed by atoms with Crippen molar-refractivity contribution >= 4 is 11.0 Å². The van der Waals surface area contributed by atoms with Crippen LogP contribution in [0.3, 0.4) is 0 Å². The van der Waals surface area contributed by atoms with Crippen molar-refractivity contribution in [3.05, 3.63) is 30.1 Å². The maximum atomic E-state index is 4.78. The first-order chi connectivity index (χ1) is 9.59. The van der Waals surface area contributed by atoms with E-state index in [0.717, 1.165) is 18.6 Å². The summed E-state index contributed by atoms with van der Waals surface area (Å²) in [5.41, 5.74) is 2.86. The van der Waals surface area contributed by atoms with Crippen LogP contribution in [0.25, 0.3) is 11.0 Å². The van der Waals surface area contributed by atoms with Crippen molar-refractivity contribution in [3.8, 4) is 0 Å². The van der Waals surface area contributed by atoms with Crippen LogP contribution in [0, 0.1) is 5.41 Å². The molecule has 0 saturated heterocycles. The van der Waals surface area contributed by atoms with Gasteiger partial charge in [0.25, 0.3) is 0 Å². The number of nitrogens with one attached hydrogen (secondary N) is 1. The fourth-order valence-electron chi connectivity index (χ4n) is 3.46. The Labute approximate surface area is 121 Å². The number of imidazole rings is 1. The lowest BCUT2D eigenvalue weighted by atomic mass is 9.92. The topological polar surface area (TPSA) is 29.9 Å². The smallest absolute Gasteiger partial charge is 0.123 e. The molecule has 1 aliphatic carbocycles. The van der Waals surface area contributed by atoms with Gasteiger partial charge in [0.1, 0.15) is 5.82 Å². The van der Waals surface area contributed by atoms with Crippen LogP contribution < -0.4 is 5.32 Å². The third-order valence-corrected chi connectivity index (χ3v) is 4.57. The summed E-state index contributed by atoms with van der Waals surface area (Å²) < 4.78 is 2.32. The van der Waals surface area contributed by atoms with Gasteiger partial charge in [0.05, 0.1) is 17.6 Å². The predicted molar refractivity (Wildman–Crippen MR) is 83.7 cm³/mol. The molecule has 3 nitrogen and oxygen atoms in total. The third kappa shape index (κ3) is 2.59. The lowest BCUT2D eigenvalue weighted by molar-refractivity contribution is 0.363.